The molecule has 2 nitrogen and oxygen atoms in total. The van der Waals surface area contributed by atoms with Gasteiger partial charge in [0.1, 0.15) is 5.75 Å². The molecule has 0 amide bonds. The first-order valence-corrected chi connectivity index (χ1v) is 5.70. The standard InChI is InChI=1S/C12H14F3NOS/c1-7(11(16)18)5-8-6-9(12(13,14)15)3-4-10(8)17-2/h3-4,6-7H,5H2,1-2H3,(H2,16,18). The Morgan fingerprint density at radius 3 is 2.50 bits per heavy atom. The molecule has 1 atom stereocenters. The van der Waals surface area contributed by atoms with Gasteiger partial charge in [0.25, 0.3) is 0 Å². The maximum Gasteiger partial charge on any atom is 0.416 e. The normalized spacial score (nSPS) is 13.2. The summed E-state index contributed by atoms with van der Waals surface area (Å²) in [7, 11) is 1.41. The number of halogens is 3. The van der Waals surface area contributed by atoms with Crippen LogP contribution in [0.3, 0.4) is 0 Å². The number of thiocarbonyl (C=S) groups is 1. The van der Waals surface area contributed by atoms with Crippen molar-refractivity contribution in [1.82, 2.24) is 0 Å². The van der Waals surface area contributed by atoms with Crippen LogP contribution in [0.2, 0.25) is 0 Å². The molecule has 1 unspecified atom stereocenters. The van der Waals surface area contributed by atoms with E-state index in [0.29, 0.717) is 17.7 Å². The topological polar surface area (TPSA) is 35.2 Å². The number of methoxy groups -OCH3 is 1. The Labute approximate surface area is 109 Å². The van der Waals surface area contributed by atoms with E-state index in [2.05, 4.69) is 0 Å². The van der Waals surface area contributed by atoms with E-state index in [-0.39, 0.29) is 10.9 Å². The third kappa shape index (κ3) is 3.60. The minimum absolute atomic E-state index is 0.183. The highest BCUT2D eigenvalue weighted by Crippen LogP contribution is 2.33. The number of hydrogen-bond acceptors (Lipinski definition) is 2. The minimum Gasteiger partial charge on any atom is -0.496 e. The molecule has 0 saturated heterocycles. The maximum absolute atomic E-state index is 12.6. The van der Waals surface area contributed by atoms with Gasteiger partial charge in [0, 0.05) is 5.92 Å². The summed E-state index contributed by atoms with van der Waals surface area (Å²) >= 11 is 4.82. The molecule has 0 aliphatic carbocycles. The van der Waals surface area contributed by atoms with Crippen molar-refractivity contribution in [2.24, 2.45) is 11.7 Å². The predicted molar refractivity (Wildman–Crippen MR) is 67.6 cm³/mol. The van der Waals surface area contributed by atoms with Crippen molar-refractivity contribution in [3.05, 3.63) is 29.3 Å². The smallest absolute Gasteiger partial charge is 0.416 e. The van der Waals surface area contributed by atoms with Gasteiger partial charge in [0.15, 0.2) is 0 Å². The first-order chi connectivity index (χ1) is 8.25. The fourth-order valence-corrected chi connectivity index (χ4v) is 1.63. The van der Waals surface area contributed by atoms with Gasteiger partial charge >= 0.3 is 6.18 Å². The van der Waals surface area contributed by atoms with Gasteiger partial charge in [0.2, 0.25) is 0 Å². The van der Waals surface area contributed by atoms with Crippen LogP contribution in [0.15, 0.2) is 18.2 Å². The van der Waals surface area contributed by atoms with E-state index in [9.17, 15) is 13.2 Å². The highest BCUT2D eigenvalue weighted by Gasteiger charge is 2.31. The monoisotopic (exact) mass is 277 g/mol. The first-order valence-electron chi connectivity index (χ1n) is 5.29. The highest BCUT2D eigenvalue weighted by molar-refractivity contribution is 7.80. The summed E-state index contributed by atoms with van der Waals surface area (Å²) < 4.78 is 42.9. The molecule has 1 aromatic rings. The lowest BCUT2D eigenvalue weighted by atomic mass is 9.98. The molecule has 0 fully saturated rings. The Hall–Kier alpha value is -1.30. The predicted octanol–water partition coefficient (Wildman–Crippen LogP) is 3.18. The molecule has 0 radical (unpaired) electrons. The van der Waals surface area contributed by atoms with Gasteiger partial charge in [-0.05, 0) is 30.2 Å². The molecule has 0 bridgehead atoms. The molecule has 18 heavy (non-hydrogen) atoms. The summed E-state index contributed by atoms with van der Waals surface area (Å²) in [5.41, 5.74) is 5.22. The van der Waals surface area contributed by atoms with Gasteiger partial charge in [-0.2, -0.15) is 13.2 Å². The lowest BCUT2D eigenvalue weighted by molar-refractivity contribution is -0.137. The summed E-state index contributed by atoms with van der Waals surface area (Å²) in [6, 6.07) is 3.38. The van der Waals surface area contributed by atoms with Crippen LogP contribution in [0.4, 0.5) is 13.2 Å². The summed E-state index contributed by atoms with van der Waals surface area (Å²) in [5, 5.41) is 0. The van der Waals surface area contributed by atoms with E-state index in [0.717, 1.165) is 12.1 Å². The molecule has 0 aromatic heterocycles. The van der Waals surface area contributed by atoms with Crippen LogP contribution in [0.5, 0.6) is 5.75 Å². The van der Waals surface area contributed by atoms with Gasteiger partial charge < -0.3 is 10.5 Å². The van der Waals surface area contributed by atoms with Crippen molar-refractivity contribution in [1.29, 1.82) is 0 Å². The largest absolute Gasteiger partial charge is 0.496 e. The summed E-state index contributed by atoms with van der Waals surface area (Å²) in [4.78, 5) is 0.273. The molecule has 6 heteroatoms. The van der Waals surface area contributed by atoms with Crippen LogP contribution in [0, 0.1) is 5.92 Å². The third-order valence-electron chi connectivity index (χ3n) is 2.62. The molecule has 0 aliphatic rings. The van der Waals surface area contributed by atoms with Crippen LogP contribution in [0.25, 0.3) is 0 Å². The van der Waals surface area contributed by atoms with E-state index in [1.807, 2.05) is 0 Å². The van der Waals surface area contributed by atoms with Crippen LogP contribution in [-0.2, 0) is 12.6 Å². The molecule has 0 saturated carbocycles. The first kappa shape index (κ1) is 14.8. The summed E-state index contributed by atoms with van der Waals surface area (Å²) in [6.07, 6.45) is -4.05. The number of alkyl halides is 3. The van der Waals surface area contributed by atoms with Gasteiger partial charge in [-0.1, -0.05) is 19.1 Å². The third-order valence-corrected chi connectivity index (χ3v) is 3.02. The zero-order valence-electron chi connectivity index (χ0n) is 10.0. The van der Waals surface area contributed by atoms with E-state index >= 15 is 0 Å². The molecule has 100 valence electrons. The summed E-state index contributed by atoms with van der Waals surface area (Å²) in [6.45, 7) is 1.77. The second kappa shape index (κ2) is 5.56. The SMILES string of the molecule is COc1ccc(C(F)(F)F)cc1CC(C)C(N)=S. The van der Waals surface area contributed by atoms with Crippen molar-refractivity contribution in [2.45, 2.75) is 19.5 Å². The Bertz CT molecular complexity index is 445. The van der Waals surface area contributed by atoms with Gasteiger partial charge in [-0.25, -0.2) is 0 Å². The van der Waals surface area contributed by atoms with E-state index in [1.165, 1.54) is 13.2 Å². The fraction of sp³-hybridized carbons (Fsp3) is 0.417. The molecule has 2 N–H and O–H groups in total. The molecule has 1 rings (SSSR count). The zero-order chi connectivity index (χ0) is 13.9. The van der Waals surface area contributed by atoms with E-state index in [4.69, 9.17) is 22.7 Å². The second-order valence-corrected chi connectivity index (χ2v) is 4.50. The molecule has 0 heterocycles. The van der Waals surface area contributed by atoms with Crippen LogP contribution >= 0.6 is 12.2 Å². The lowest BCUT2D eigenvalue weighted by Crippen LogP contribution is -2.20. The molecular formula is C12H14F3NOS. The number of benzene rings is 1. The number of rotatable bonds is 4. The number of hydrogen-bond donors (Lipinski definition) is 1. The van der Waals surface area contributed by atoms with E-state index < -0.39 is 11.7 Å². The molecule has 0 aliphatic heterocycles. The second-order valence-electron chi connectivity index (χ2n) is 4.03. The number of ether oxygens (including phenoxy) is 1. The van der Waals surface area contributed by atoms with Gasteiger partial charge in [0.05, 0.1) is 17.7 Å². The Kier molecular flexibility index (Phi) is 4.56. The van der Waals surface area contributed by atoms with Crippen molar-refractivity contribution >= 4 is 17.2 Å². The minimum atomic E-state index is -4.37. The van der Waals surface area contributed by atoms with Crippen molar-refractivity contribution in [3.63, 3.8) is 0 Å². The Balaban J connectivity index is 3.10. The Morgan fingerprint density at radius 2 is 2.06 bits per heavy atom. The highest BCUT2D eigenvalue weighted by atomic mass is 32.1. The molecule has 0 spiro atoms. The van der Waals surface area contributed by atoms with Gasteiger partial charge in [-0.15, -0.1) is 0 Å². The van der Waals surface area contributed by atoms with E-state index in [1.54, 1.807) is 6.92 Å². The van der Waals surface area contributed by atoms with Crippen LogP contribution in [0.1, 0.15) is 18.1 Å². The van der Waals surface area contributed by atoms with Gasteiger partial charge in [-0.3, -0.25) is 0 Å². The quantitative estimate of drug-likeness (QED) is 0.858. The lowest BCUT2D eigenvalue weighted by Gasteiger charge is -2.15. The van der Waals surface area contributed by atoms with Crippen molar-refractivity contribution in [2.75, 3.05) is 7.11 Å². The average molecular weight is 277 g/mol. The number of nitrogens with two attached hydrogens (primary N) is 1. The van der Waals surface area contributed by atoms with Crippen LogP contribution < -0.4 is 10.5 Å². The zero-order valence-corrected chi connectivity index (χ0v) is 10.9. The summed E-state index contributed by atoms with van der Waals surface area (Å²) in [5.74, 6) is 0.225. The Morgan fingerprint density at radius 1 is 1.44 bits per heavy atom. The average Bonchev–Trinajstić information content (AvgIpc) is 2.27. The van der Waals surface area contributed by atoms with Crippen LogP contribution in [-0.4, -0.2) is 12.1 Å². The molecular weight excluding hydrogens is 263 g/mol. The van der Waals surface area contributed by atoms with Crippen molar-refractivity contribution < 1.29 is 17.9 Å². The maximum atomic E-state index is 12.6. The fourth-order valence-electron chi connectivity index (χ4n) is 1.54. The molecule has 1 aromatic carbocycles. The van der Waals surface area contributed by atoms with Crippen molar-refractivity contribution in [3.8, 4) is 5.75 Å².